The molecule has 3 amide bonds. The average Bonchev–Trinajstić information content (AvgIpc) is 3.16. The Morgan fingerprint density at radius 3 is 2.59 bits per heavy atom. The summed E-state index contributed by atoms with van der Waals surface area (Å²) in [7, 11) is 0. The van der Waals surface area contributed by atoms with Gasteiger partial charge in [0.1, 0.15) is 17.2 Å². The van der Waals surface area contributed by atoms with Crippen LogP contribution in [0.1, 0.15) is 45.0 Å². The first-order valence-electron chi connectivity index (χ1n) is 11.1. The zero-order valence-electron chi connectivity index (χ0n) is 19.9. The Labute approximate surface area is 202 Å². The molecule has 3 rings (SSSR count). The first-order valence-corrected chi connectivity index (χ1v) is 11.9. The van der Waals surface area contributed by atoms with E-state index in [-0.39, 0.29) is 11.8 Å². The largest absolute Gasteiger partial charge is 0.444 e. The van der Waals surface area contributed by atoms with E-state index < -0.39 is 11.7 Å². The minimum absolute atomic E-state index is 0.196. The van der Waals surface area contributed by atoms with E-state index in [0.29, 0.717) is 61.2 Å². The molecule has 2 heterocycles. The quantitative estimate of drug-likeness (QED) is 0.510. The number of nitrogens with one attached hydrogen (secondary N) is 3. The van der Waals surface area contributed by atoms with Gasteiger partial charge in [-0.2, -0.15) is 4.37 Å². The Morgan fingerprint density at radius 1 is 1.24 bits per heavy atom. The fourth-order valence-corrected chi connectivity index (χ4v) is 3.88. The molecule has 0 bridgehead atoms. The maximum Gasteiger partial charge on any atom is 0.407 e. The molecule has 0 saturated carbocycles. The minimum Gasteiger partial charge on any atom is -0.444 e. The number of hydrogen-bond acceptors (Lipinski definition) is 7. The van der Waals surface area contributed by atoms with Gasteiger partial charge >= 0.3 is 12.1 Å². The van der Waals surface area contributed by atoms with Crippen LogP contribution in [0, 0.1) is 12.7 Å². The number of likely N-dealkylation sites (tertiary alicyclic amines) is 1. The molecule has 34 heavy (non-hydrogen) atoms. The zero-order chi connectivity index (χ0) is 24.7. The van der Waals surface area contributed by atoms with E-state index in [4.69, 9.17) is 4.74 Å². The highest BCUT2D eigenvalue weighted by atomic mass is 32.1. The standard InChI is InChI=1S/C23H31FN6O3S/c1-15-27-20(34-29-15)28-21(31)30-11-7-16(8-12-30)13-17-5-6-18(14-19(17)24)25-9-10-26-22(32)33-23(2,3)4/h5-6,13-14,25H,7-12H2,1-4H3,(H,26,32)(H,27,28,29,31). The number of aryl methyl sites for hydroxylation is 1. The Bertz CT molecular complexity index is 1040. The van der Waals surface area contributed by atoms with E-state index in [1.165, 1.54) is 6.07 Å². The van der Waals surface area contributed by atoms with Gasteiger partial charge in [0.15, 0.2) is 0 Å². The van der Waals surface area contributed by atoms with Crippen molar-refractivity contribution in [2.75, 3.05) is 36.8 Å². The number of nitrogens with zero attached hydrogens (tertiary/aromatic N) is 3. The molecular formula is C23H31FN6O3S. The second-order valence-corrected chi connectivity index (χ2v) is 9.71. The number of urea groups is 1. The van der Waals surface area contributed by atoms with Crippen LogP contribution in [0.15, 0.2) is 23.8 Å². The van der Waals surface area contributed by atoms with Crippen LogP contribution in [0.3, 0.4) is 0 Å². The van der Waals surface area contributed by atoms with E-state index >= 15 is 0 Å². The van der Waals surface area contributed by atoms with Gasteiger partial charge in [0, 0.05) is 49.0 Å². The van der Waals surface area contributed by atoms with Crippen LogP contribution in [0.2, 0.25) is 0 Å². The number of piperidine rings is 1. The van der Waals surface area contributed by atoms with Gasteiger partial charge in [-0.25, -0.2) is 19.0 Å². The summed E-state index contributed by atoms with van der Waals surface area (Å²) in [5, 5.41) is 8.98. The third kappa shape index (κ3) is 7.98. The van der Waals surface area contributed by atoms with Crippen molar-refractivity contribution in [3.63, 3.8) is 0 Å². The minimum atomic E-state index is -0.549. The molecule has 2 aromatic rings. The van der Waals surface area contributed by atoms with Gasteiger partial charge < -0.3 is 20.3 Å². The van der Waals surface area contributed by atoms with Gasteiger partial charge in [0.25, 0.3) is 0 Å². The normalized spacial score (nSPS) is 13.9. The van der Waals surface area contributed by atoms with Crippen molar-refractivity contribution in [3.05, 3.63) is 41.0 Å². The Morgan fingerprint density at radius 2 is 1.97 bits per heavy atom. The molecule has 0 radical (unpaired) electrons. The molecule has 0 atom stereocenters. The summed E-state index contributed by atoms with van der Waals surface area (Å²) >= 11 is 1.15. The lowest BCUT2D eigenvalue weighted by atomic mass is 10.0. The van der Waals surface area contributed by atoms with E-state index in [1.54, 1.807) is 44.7 Å². The molecule has 11 heteroatoms. The van der Waals surface area contributed by atoms with Crippen LogP contribution < -0.4 is 16.0 Å². The molecule has 1 aliphatic heterocycles. The Balaban J connectivity index is 1.44. The average molecular weight is 491 g/mol. The number of alkyl carbamates (subject to hydrolysis) is 1. The first kappa shape index (κ1) is 25.4. The lowest BCUT2D eigenvalue weighted by Gasteiger charge is -2.28. The lowest BCUT2D eigenvalue weighted by molar-refractivity contribution is 0.0530. The first-order chi connectivity index (χ1) is 16.1. The molecule has 1 fully saturated rings. The van der Waals surface area contributed by atoms with E-state index in [0.717, 1.165) is 17.1 Å². The number of amides is 3. The third-order valence-corrected chi connectivity index (χ3v) is 5.64. The molecule has 1 aromatic heterocycles. The van der Waals surface area contributed by atoms with Crippen molar-refractivity contribution in [2.45, 2.75) is 46.1 Å². The number of anilines is 2. The summed E-state index contributed by atoms with van der Waals surface area (Å²) in [5.41, 5.74) is 1.68. The predicted octanol–water partition coefficient (Wildman–Crippen LogP) is 4.63. The molecule has 1 aliphatic rings. The van der Waals surface area contributed by atoms with Crippen molar-refractivity contribution in [1.29, 1.82) is 0 Å². The molecule has 0 spiro atoms. The van der Waals surface area contributed by atoms with Crippen LogP contribution in [0.25, 0.3) is 6.08 Å². The number of rotatable bonds is 6. The summed E-state index contributed by atoms with van der Waals surface area (Å²) in [6.07, 6.45) is 2.73. The van der Waals surface area contributed by atoms with Crippen LogP contribution in [-0.2, 0) is 4.74 Å². The van der Waals surface area contributed by atoms with E-state index in [9.17, 15) is 14.0 Å². The number of ether oxygens (including phenoxy) is 1. The molecule has 1 aromatic carbocycles. The van der Waals surface area contributed by atoms with Crippen LogP contribution in [0.4, 0.5) is 24.8 Å². The summed E-state index contributed by atoms with van der Waals surface area (Å²) < 4.78 is 23.8. The number of hydrogen-bond donors (Lipinski definition) is 3. The van der Waals surface area contributed by atoms with Crippen molar-refractivity contribution >= 4 is 40.6 Å². The van der Waals surface area contributed by atoms with Crippen LogP contribution >= 0.6 is 11.5 Å². The maximum absolute atomic E-state index is 14.6. The number of carbonyl (C=O) groups excluding carboxylic acids is 2. The van der Waals surface area contributed by atoms with E-state index in [1.807, 2.05) is 6.08 Å². The highest BCUT2D eigenvalue weighted by Crippen LogP contribution is 2.23. The SMILES string of the molecule is Cc1nsc(NC(=O)N2CCC(=Cc3ccc(NCCNC(=O)OC(C)(C)C)cc3F)CC2)n1. The topological polar surface area (TPSA) is 108 Å². The van der Waals surface area contributed by atoms with Crippen molar-refractivity contribution in [3.8, 4) is 0 Å². The second kappa shape index (κ2) is 11.3. The van der Waals surface area contributed by atoms with E-state index in [2.05, 4.69) is 25.3 Å². The number of benzene rings is 1. The Hall–Kier alpha value is -3.21. The molecule has 1 saturated heterocycles. The fraction of sp³-hybridized carbons (Fsp3) is 0.478. The van der Waals surface area contributed by atoms with Gasteiger partial charge in [-0.3, -0.25) is 5.32 Å². The monoisotopic (exact) mass is 490 g/mol. The fourth-order valence-electron chi connectivity index (χ4n) is 3.32. The van der Waals surface area contributed by atoms with Crippen molar-refractivity contribution in [2.24, 2.45) is 0 Å². The maximum atomic E-state index is 14.6. The van der Waals surface area contributed by atoms with Crippen molar-refractivity contribution in [1.82, 2.24) is 19.6 Å². The van der Waals surface area contributed by atoms with Gasteiger partial charge in [-0.05, 0) is 58.7 Å². The highest BCUT2D eigenvalue weighted by Gasteiger charge is 2.20. The lowest BCUT2D eigenvalue weighted by Crippen LogP contribution is -2.39. The third-order valence-electron chi connectivity index (χ3n) is 4.92. The number of aromatic nitrogens is 2. The van der Waals surface area contributed by atoms with Gasteiger partial charge in [-0.1, -0.05) is 11.6 Å². The second-order valence-electron chi connectivity index (χ2n) is 8.96. The summed E-state index contributed by atoms with van der Waals surface area (Å²) in [4.78, 5) is 29.9. The Kier molecular flexibility index (Phi) is 8.43. The molecule has 0 unspecified atom stereocenters. The predicted molar refractivity (Wildman–Crippen MR) is 132 cm³/mol. The number of carbonyl (C=O) groups is 2. The molecular weight excluding hydrogens is 459 g/mol. The molecule has 3 N–H and O–H groups in total. The zero-order valence-corrected chi connectivity index (χ0v) is 20.7. The van der Waals surface area contributed by atoms with Crippen molar-refractivity contribution < 1.29 is 18.7 Å². The summed E-state index contributed by atoms with van der Waals surface area (Å²) in [5.74, 6) is 0.300. The summed E-state index contributed by atoms with van der Waals surface area (Å²) in [6, 6.07) is 4.77. The van der Waals surface area contributed by atoms with Crippen LogP contribution in [-0.4, -0.2) is 58.2 Å². The van der Waals surface area contributed by atoms with Gasteiger partial charge in [-0.15, -0.1) is 0 Å². The smallest absolute Gasteiger partial charge is 0.407 e. The van der Waals surface area contributed by atoms with Crippen LogP contribution in [0.5, 0.6) is 0 Å². The molecule has 184 valence electrons. The van der Waals surface area contributed by atoms with Gasteiger partial charge in [0.05, 0.1) is 0 Å². The molecule has 9 nitrogen and oxygen atoms in total. The number of halogens is 1. The molecule has 0 aliphatic carbocycles. The summed E-state index contributed by atoms with van der Waals surface area (Å²) in [6.45, 7) is 9.07. The van der Waals surface area contributed by atoms with Gasteiger partial charge in [0.2, 0.25) is 5.13 Å². The highest BCUT2D eigenvalue weighted by molar-refractivity contribution is 7.09.